The van der Waals surface area contributed by atoms with Gasteiger partial charge in [-0.25, -0.2) is 0 Å². The van der Waals surface area contributed by atoms with Crippen LogP contribution in [0.4, 0.5) is 0 Å². The predicted octanol–water partition coefficient (Wildman–Crippen LogP) is 3.87. The third-order valence-electron chi connectivity index (χ3n) is 13.7. The number of hydrogen-bond acceptors (Lipinski definition) is 18. The van der Waals surface area contributed by atoms with E-state index < -0.39 is 124 Å². The van der Waals surface area contributed by atoms with Gasteiger partial charge in [-0.05, 0) is 70.6 Å². The Balaban J connectivity index is 1.56. The number of amides is 1. The molecule has 19 heteroatoms. The van der Waals surface area contributed by atoms with Crippen molar-refractivity contribution in [1.82, 2.24) is 5.32 Å². The highest BCUT2D eigenvalue weighted by molar-refractivity contribution is 5.76. The average molecular weight is 1080 g/mol. The lowest BCUT2D eigenvalue weighted by Gasteiger charge is -2.48. The predicted molar refractivity (Wildman–Crippen MR) is 286 cm³/mol. The first-order valence-corrected chi connectivity index (χ1v) is 28.2. The summed E-state index contributed by atoms with van der Waals surface area (Å²) in [5.41, 5.74) is 0. The number of aliphatic hydroxyl groups excluding tert-OH is 11. The lowest BCUT2D eigenvalue weighted by atomic mass is 9.96. The second-order valence-corrected chi connectivity index (χ2v) is 20.0. The SMILES string of the molecule is CC/C=C\C/C=C\C/C=C\C/C=C\CCCCC(=O)NC(COC1OC(CO)C(OC2OC(CO)C(OC3OC(CO)C(O)C(O)C3O)C(O)C2O)C(O)C1O)C(O)/C=C/CC/C=C/CCCCCCCCCCCC. The van der Waals surface area contributed by atoms with Crippen molar-refractivity contribution in [1.29, 1.82) is 0 Å². The van der Waals surface area contributed by atoms with E-state index in [1.807, 2.05) is 6.08 Å². The lowest BCUT2D eigenvalue weighted by molar-refractivity contribution is -0.379. The maximum absolute atomic E-state index is 13.3. The fraction of sp³-hybridized carbons (Fsp3) is 0.772. The van der Waals surface area contributed by atoms with Crippen LogP contribution < -0.4 is 5.32 Å². The van der Waals surface area contributed by atoms with Crippen molar-refractivity contribution in [3.8, 4) is 0 Å². The van der Waals surface area contributed by atoms with E-state index in [-0.39, 0.29) is 18.9 Å². The second kappa shape index (κ2) is 40.4. The molecule has 3 rings (SSSR count). The Bertz CT molecular complexity index is 1670. The Morgan fingerprint density at radius 1 is 0.487 bits per heavy atom. The van der Waals surface area contributed by atoms with Crippen LogP contribution in [0, 0.1) is 0 Å². The maximum Gasteiger partial charge on any atom is 0.220 e. The van der Waals surface area contributed by atoms with E-state index in [0.29, 0.717) is 12.8 Å². The van der Waals surface area contributed by atoms with Gasteiger partial charge in [0, 0.05) is 6.42 Å². The van der Waals surface area contributed by atoms with Crippen LogP contribution in [0.2, 0.25) is 0 Å². The number of hydrogen-bond donors (Lipinski definition) is 12. The minimum Gasteiger partial charge on any atom is -0.394 e. The Morgan fingerprint density at radius 2 is 0.921 bits per heavy atom. The van der Waals surface area contributed by atoms with E-state index in [4.69, 9.17) is 28.4 Å². The number of nitrogens with one attached hydrogen (secondary N) is 1. The molecule has 0 aromatic rings. The third kappa shape index (κ3) is 24.7. The van der Waals surface area contributed by atoms with Gasteiger partial charge in [-0.1, -0.05) is 145 Å². The molecule has 0 radical (unpaired) electrons. The van der Waals surface area contributed by atoms with E-state index in [9.17, 15) is 61.0 Å². The molecule has 3 fully saturated rings. The first-order chi connectivity index (χ1) is 36.8. The van der Waals surface area contributed by atoms with Gasteiger partial charge < -0.3 is 89.9 Å². The van der Waals surface area contributed by atoms with Crippen LogP contribution in [-0.4, -0.2) is 193 Å². The van der Waals surface area contributed by atoms with E-state index >= 15 is 0 Å². The number of unbranched alkanes of at least 4 members (excludes halogenated alkanes) is 13. The molecule has 3 aliphatic heterocycles. The van der Waals surface area contributed by atoms with Crippen LogP contribution in [0.15, 0.2) is 72.9 Å². The van der Waals surface area contributed by atoms with Crippen molar-refractivity contribution in [3.05, 3.63) is 72.9 Å². The monoisotopic (exact) mass is 1080 g/mol. The number of carbonyl (C=O) groups excluding carboxylic acids is 1. The second-order valence-electron chi connectivity index (χ2n) is 20.0. The molecule has 0 aromatic heterocycles. The molecule has 76 heavy (non-hydrogen) atoms. The van der Waals surface area contributed by atoms with Gasteiger partial charge in [0.15, 0.2) is 18.9 Å². The normalized spacial score (nSPS) is 31.5. The number of allylic oxidation sites excluding steroid dienone is 11. The van der Waals surface area contributed by atoms with E-state index in [1.54, 1.807) is 6.08 Å². The Kier molecular flexibility index (Phi) is 35.9. The summed E-state index contributed by atoms with van der Waals surface area (Å²) in [5, 5.41) is 120. The summed E-state index contributed by atoms with van der Waals surface area (Å²) in [6.45, 7) is 1.52. The maximum atomic E-state index is 13.3. The van der Waals surface area contributed by atoms with Crippen molar-refractivity contribution >= 4 is 5.91 Å². The standard InChI is InChI=1S/C57H97NO18/c1-3-5-7-9-11-13-15-17-19-21-22-24-26-28-30-32-34-41(62)40(58-45(63)35-33-31-29-27-25-23-20-18-16-14-12-10-8-6-4-2)39-71-55-51(69)48(66)53(43(37-60)73-55)76-57-52(70)49(67)54(44(38-61)74-57)75-56-50(68)47(65)46(64)42(36-59)72-56/h6,8,12,14,18,20,24-27,32,34,40-44,46-57,59-62,64-70H,3-5,7,9-11,13,15-17,19,21-23,28-31,33,35-39H2,1-2H3,(H,58,63)/b8-6-,14-12-,20-18-,26-24+,27-25-,34-32+. The van der Waals surface area contributed by atoms with Crippen LogP contribution in [0.1, 0.15) is 149 Å². The lowest BCUT2D eigenvalue weighted by Crippen LogP contribution is -2.66. The van der Waals surface area contributed by atoms with Crippen LogP contribution in [0.5, 0.6) is 0 Å². The van der Waals surface area contributed by atoms with Gasteiger partial charge in [0.05, 0.1) is 38.6 Å². The van der Waals surface area contributed by atoms with Crippen LogP contribution in [0.3, 0.4) is 0 Å². The van der Waals surface area contributed by atoms with E-state index in [2.05, 4.69) is 79.9 Å². The number of rotatable bonds is 39. The molecule has 17 unspecified atom stereocenters. The fourth-order valence-corrected chi connectivity index (χ4v) is 9.08. The minimum absolute atomic E-state index is 0.179. The molecule has 3 heterocycles. The molecule has 19 nitrogen and oxygen atoms in total. The van der Waals surface area contributed by atoms with Gasteiger partial charge >= 0.3 is 0 Å². The number of aliphatic hydroxyl groups is 11. The molecular weight excluding hydrogens is 987 g/mol. The summed E-state index contributed by atoms with van der Waals surface area (Å²) in [7, 11) is 0. The van der Waals surface area contributed by atoms with E-state index in [0.717, 1.165) is 57.8 Å². The smallest absolute Gasteiger partial charge is 0.220 e. The summed E-state index contributed by atoms with van der Waals surface area (Å²) in [6.07, 6.45) is 19.0. The molecule has 0 saturated carbocycles. The largest absolute Gasteiger partial charge is 0.394 e. The molecule has 3 saturated heterocycles. The summed E-state index contributed by atoms with van der Waals surface area (Å²) < 4.78 is 34.1. The molecular formula is C57H97NO18. The molecule has 0 spiro atoms. The Labute approximate surface area is 451 Å². The van der Waals surface area contributed by atoms with Gasteiger partial charge in [0.2, 0.25) is 5.91 Å². The molecule has 12 N–H and O–H groups in total. The Hall–Kier alpha value is -2.77. The third-order valence-corrected chi connectivity index (χ3v) is 13.7. The highest BCUT2D eigenvalue weighted by atomic mass is 16.8. The molecule has 17 atom stereocenters. The molecule has 1 amide bonds. The van der Waals surface area contributed by atoms with E-state index in [1.165, 1.54) is 57.8 Å². The Morgan fingerprint density at radius 3 is 1.47 bits per heavy atom. The van der Waals surface area contributed by atoms with Gasteiger partial charge in [-0.3, -0.25) is 4.79 Å². The van der Waals surface area contributed by atoms with Crippen LogP contribution >= 0.6 is 0 Å². The summed E-state index contributed by atoms with van der Waals surface area (Å²) >= 11 is 0. The van der Waals surface area contributed by atoms with Crippen molar-refractivity contribution in [2.45, 2.75) is 253 Å². The van der Waals surface area contributed by atoms with Crippen molar-refractivity contribution in [3.63, 3.8) is 0 Å². The zero-order chi connectivity index (χ0) is 55.5. The van der Waals surface area contributed by atoms with Crippen molar-refractivity contribution < 1.29 is 89.4 Å². The highest BCUT2D eigenvalue weighted by Gasteiger charge is 2.53. The topological polar surface area (TPSA) is 307 Å². The fourth-order valence-electron chi connectivity index (χ4n) is 9.08. The highest BCUT2D eigenvalue weighted by Crippen LogP contribution is 2.33. The zero-order valence-electron chi connectivity index (χ0n) is 45.2. The van der Waals surface area contributed by atoms with Gasteiger partial charge in [-0.2, -0.15) is 0 Å². The molecule has 0 aliphatic carbocycles. The average Bonchev–Trinajstić information content (AvgIpc) is 3.41. The minimum atomic E-state index is -1.99. The summed E-state index contributed by atoms with van der Waals surface area (Å²) in [5.74, 6) is -0.330. The zero-order valence-corrected chi connectivity index (χ0v) is 45.2. The molecule has 3 aliphatic rings. The van der Waals surface area contributed by atoms with Crippen molar-refractivity contribution in [2.75, 3.05) is 26.4 Å². The van der Waals surface area contributed by atoms with Gasteiger partial charge in [0.25, 0.3) is 0 Å². The quantitative estimate of drug-likeness (QED) is 0.0307. The molecule has 438 valence electrons. The van der Waals surface area contributed by atoms with Gasteiger partial charge in [0.1, 0.15) is 73.2 Å². The first kappa shape index (κ1) is 67.5. The van der Waals surface area contributed by atoms with Gasteiger partial charge in [-0.15, -0.1) is 0 Å². The molecule has 0 bridgehead atoms. The number of carbonyl (C=O) groups is 1. The number of ether oxygens (including phenoxy) is 6. The van der Waals surface area contributed by atoms with Crippen LogP contribution in [-0.2, 0) is 33.2 Å². The summed E-state index contributed by atoms with van der Waals surface area (Å²) in [4.78, 5) is 13.3. The van der Waals surface area contributed by atoms with Crippen LogP contribution in [0.25, 0.3) is 0 Å². The first-order valence-electron chi connectivity index (χ1n) is 28.2. The van der Waals surface area contributed by atoms with Crippen molar-refractivity contribution in [2.24, 2.45) is 0 Å². The molecule has 0 aromatic carbocycles. The summed E-state index contributed by atoms with van der Waals surface area (Å²) in [6, 6.07) is -1.01.